The van der Waals surface area contributed by atoms with Crippen molar-refractivity contribution in [2.75, 3.05) is 11.1 Å². The summed E-state index contributed by atoms with van der Waals surface area (Å²) in [7, 11) is 0. The van der Waals surface area contributed by atoms with Gasteiger partial charge in [0.25, 0.3) is 0 Å². The van der Waals surface area contributed by atoms with Crippen molar-refractivity contribution >= 4 is 33.1 Å². The van der Waals surface area contributed by atoms with Crippen molar-refractivity contribution in [1.29, 1.82) is 0 Å². The second-order valence-corrected chi connectivity index (χ2v) is 3.87. The molecule has 0 amide bonds. The highest BCUT2D eigenvalue weighted by atomic mass is 79.9. The molecule has 0 saturated heterocycles. The summed E-state index contributed by atoms with van der Waals surface area (Å²) in [6.45, 7) is 0. The second kappa shape index (κ2) is 4.27. The molecule has 4 nitrogen and oxygen atoms in total. The molecule has 0 aromatic carbocycles. The average molecular weight is 265 g/mol. The second-order valence-electron chi connectivity index (χ2n) is 2.96. The third-order valence-corrected chi connectivity index (χ3v) is 2.24. The van der Waals surface area contributed by atoms with Crippen molar-refractivity contribution in [3.05, 3.63) is 41.3 Å². The maximum absolute atomic E-state index is 5.79. The van der Waals surface area contributed by atoms with Gasteiger partial charge in [0.1, 0.15) is 0 Å². The maximum atomic E-state index is 5.79. The Morgan fingerprint density at radius 3 is 2.87 bits per heavy atom. The number of nitrogens with one attached hydrogen (secondary N) is 1. The van der Waals surface area contributed by atoms with Crippen LogP contribution in [0.3, 0.4) is 0 Å². The Kier molecular flexibility index (Phi) is 2.82. The standard InChI is InChI=1S/C10H9BrN4/c11-7-4-9(12)10(14-5-7)15-8-2-1-3-13-6-8/h1-6H,12H2,(H,14,15). The third-order valence-electron chi connectivity index (χ3n) is 1.81. The van der Waals surface area contributed by atoms with E-state index in [1.165, 1.54) is 0 Å². The van der Waals surface area contributed by atoms with Gasteiger partial charge in [-0.2, -0.15) is 0 Å². The zero-order valence-electron chi connectivity index (χ0n) is 7.81. The van der Waals surface area contributed by atoms with Gasteiger partial charge in [-0.05, 0) is 34.1 Å². The lowest BCUT2D eigenvalue weighted by Crippen LogP contribution is -1.98. The van der Waals surface area contributed by atoms with Crippen LogP contribution in [-0.2, 0) is 0 Å². The van der Waals surface area contributed by atoms with Crippen LogP contribution in [-0.4, -0.2) is 9.97 Å². The van der Waals surface area contributed by atoms with Crippen LogP contribution in [0.4, 0.5) is 17.2 Å². The molecule has 0 aliphatic heterocycles. The minimum absolute atomic E-state index is 0.591. The zero-order valence-corrected chi connectivity index (χ0v) is 9.40. The van der Waals surface area contributed by atoms with Crippen molar-refractivity contribution in [1.82, 2.24) is 9.97 Å². The number of anilines is 3. The quantitative estimate of drug-likeness (QED) is 0.875. The van der Waals surface area contributed by atoms with E-state index in [0.717, 1.165) is 10.2 Å². The minimum atomic E-state index is 0.591. The fourth-order valence-electron chi connectivity index (χ4n) is 1.13. The van der Waals surface area contributed by atoms with E-state index in [4.69, 9.17) is 5.73 Å². The summed E-state index contributed by atoms with van der Waals surface area (Å²) in [6, 6.07) is 5.54. The summed E-state index contributed by atoms with van der Waals surface area (Å²) < 4.78 is 0.858. The topological polar surface area (TPSA) is 63.8 Å². The molecule has 5 heteroatoms. The molecule has 0 saturated carbocycles. The molecule has 15 heavy (non-hydrogen) atoms. The predicted octanol–water partition coefficient (Wildman–Crippen LogP) is 2.56. The number of nitrogens with two attached hydrogens (primary N) is 1. The molecule has 0 atom stereocenters. The van der Waals surface area contributed by atoms with Gasteiger partial charge in [-0.3, -0.25) is 4.98 Å². The number of nitrogen functional groups attached to an aromatic ring is 1. The summed E-state index contributed by atoms with van der Waals surface area (Å²) in [5, 5.41) is 3.08. The number of hydrogen-bond donors (Lipinski definition) is 2. The zero-order chi connectivity index (χ0) is 10.7. The number of aromatic nitrogens is 2. The van der Waals surface area contributed by atoms with Gasteiger partial charge < -0.3 is 11.1 Å². The number of pyridine rings is 2. The van der Waals surface area contributed by atoms with E-state index in [0.29, 0.717) is 11.5 Å². The molecule has 0 bridgehead atoms. The average Bonchev–Trinajstić information content (AvgIpc) is 2.24. The van der Waals surface area contributed by atoms with E-state index in [1.807, 2.05) is 12.1 Å². The largest absolute Gasteiger partial charge is 0.396 e. The van der Waals surface area contributed by atoms with Crippen LogP contribution in [0.15, 0.2) is 41.3 Å². The van der Waals surface area contributed by atoms with Gasteiger partial charge in [-0.1, -0.05) is 0 Å². The number of nitrogens with zero attached hydrogens (tertiary/aromatic N) is 2. The number of halogens is 1. The summed E-state index contributed by atoms with van der Waals surface area (Å²) in [4.78, 5) is 8.15. The first-order valence-electron chi connectivity index (χ1n) is 4.34. The Balaban J connectivity index is 2.25. The van der Waals surface area contributed by atoms with Crippen molar-refractivity contribution in [3.8, 4) is 0 Å². The Morgan fingerprint density at radius 1 is 1.33 bits per heavy atom. The predicted molar refractivity (Wildman–Crippen MR) is 63.9 cm³/mol. The fraction of sp³-hybridized carbons (Fsp3) is 0. The van der Waals surface area contributed by atoms with Gasteiger partial charge in [0.05, 0.1) is 17.6 Å². The van der Waals surface area contributed by atoms with Crippen LogP contribution >= 0.6 is 15.9 Å². The molecule has 0 aliphatic carbocycles. The molecule has 2 aromatic rings. The van der Waals surface area contributed by atoms with Crippen molar-refractivity contribution in [2.24, 2.45) is 0 Å². The maximum Gasteiger partial charge on any atom is 0.153 e. The lowest BCUT2D eigenvalue weighted by atomic mass is 10.3. The Bertz CT molecular complexity index is 458. The number of hydrogen-bond acceptors (Lipinski definition) is 4. The lowest BCUT2D eigenvalue weighted by Gasteiger charge is -2.07. The van der Waals surface area contributed by atoms with E-state index in [9.17, 15) is 0 Å². The van der Waals surface area contributed by atoms with Crippen LogP contribution in [0.1, 0.15) is 0 Å². The van der Waals surface area contributed by atoms with Gasteiger partial charge in [-0.15, -0.1) is 0 Å². The van der Waals surface area contributed by atoms with Crippen LogP contribution in [0.25, 0.3) is 0 Å². The molecular weight excluding hydrogens is 256 g/mol. The van der Waals surface area contributed by atoms with E-state index in [-0.39, 0.29) is 0 Å². The van der Waals surface area contributed by atoms with Crippen LogP contribution < -0.4 is 11.1 Å². The first kappa shape index (κ1) is 9.92. The molecule has 0 aliphatic rings. The molecule has 2 rings (SSSR count). The first-order valence-corrected chi connectivity index (χ1v) is 5.13. The first-order chi connectivity index (χ1) is 7.25. The summed E-state index contributed by atoms with van der Waals surface area (Å²) >= 11 is 3.30. The highest BCUT2D eigenvalue weighted by Gasteiger charge is 2.01. The van der Waals surface area contributed by atoms with Gasteiger partial charge in [0.2, 0.25) is 0 Å². The lowest BCUT2D eigenvalue weighted by molar-refractivity contribution is 1.27. The smallest absolute Gasteiger partial charge is 0.153 e. The number of rotatable bonds is 2. The fourth-order valence-corrected chi connectivity index (χ4v) is 1.48. The molecule has 2 aromatic heterocycles. The van der Waals surface area contributed by atoms with Crippen LogP contribution in [0, 0.1) is 0 Å². The Labute approximate surface area is 95.7 Å². The highest BCUT2D eigenvalue weighted by molar-refractivity contribution is 9.10. The summed E-state index contributed by atoms with van der Waals surface area (Å²) in [6.07, 6.45) is 5.11. The minimum Gasteiger partial charge on any atom is -0.396 e. The normalized spacial score (nSPS) is 9.93. The highest BCUT2D eigenvalue weighted by Crippen LogP contribution is 2.22. The molecular formula is C10H9BrN4. The van der Waals surface area contributed by atoms with Gasteiger partial charge in [-0.25, -0.2) is 4.98 Å². The monoisotopic (exact) mass is 264 g/mol. The van der Waals surface area contributed by atoms with Crippen molar-refractivity contribution < 1.29 is 0 Å². The van der Waals surface area contributed by atoms with Gasteiger partial charge in [0, 0.05) is 16.9 Å². The molecule has 0 radical (unpaired) electrons. The summed E-state index contributed by atoms with van der Waals surface area (Å²) in [5.74, 6) is 0.631. The molecule has 0 fully saturated rings. The van der Waals surface area contributed by atoms with E-state index in [2.05, 4.69) is 31.2 Å². The Hall–Kier alpha value is -1.62. The SMILES string of the molecule is Nc1cc(Br)cnc1Nc1cccnc1. The van der Waals surface area contributed by atoms with E-state index < -0.39 is 0 Å². The molecule has 3 N–H and O–H groups in total. The van der Waals surface area contributed by atoms with Gasteiger partial charge in [0.15, 0.2) is 5.82 Å². The van der Waals surface area contributed by atoms with Crippen LogP contribution in [0.2, 0.25) is 0 Å². The van der Waals surface area contributed by atoms with E-state index >= 15 is 0 Å². The molecule has 2 heterocycles. The third kappa shape index (κ3) is 2.44. The molecule has 0 spiro atoms. The van der Waals surface area contributed by atoms with E-state index in [1.54, 1.807) is 24.7 Å². The van der Waals surface area contributed by atoms with Crippen molar-refractivity contribution in [3.63, 3.8) is 0 Å². The molecule has 0 unspecified atom stereocenters. The summed E-state index contributed by atoms with van der Waals surface area (Å²) in [5.41, 5.74) is 7.24. The van der Waals surface area contributed by atoms with Gasteiger partial charge >= 0.3 is 0 Å². The Morgan fingerprint density at radius 2 is 2.20 bits per heavy atom. The van der Waals surface area contributed by atoms with Crippen LogP contribution in [0.5, 0.6) is 0 Å². The molecule has 76 valence electrons. The van der Waals surface area contributed by atoms with Crippen molar-refractivity contribution in [2.45, 2.75) is 0 Å².